The Morgan fingerprint density at radius 1 is 0.603 bits per heavy atom. The highest BCUT2D eigenvalue weighted by atomic mass is 31.2. The molecule has 340 valence electrons. The highest BCUT2D eigenvalue weighted by Crippen LogP contribution is 2.43. The molecule has 0 amide bonds. The molecule has 0 aliphatic rings. The van der Waals surface area contributed by atoms with Crippen molar-refractivity contribution < 1.29 is 66.7 Å². The van der Waals surface area contributed by atoms with Gasteiger partial charge in [-0.15, -0.1) is 0 Å². The molecule has 0 radical (unpaired) electrons. The molecule has 0 rings (SSSR count). The molecular weight excluding hydrogens is 790 g/mol. The normalized spacial score (nSPS) is 15.1. The fourth-order valence-electron chi connectivity index (χ4n) is 5.74. The van der Waals surface area contributed by atoms with Crippen LogP contribution in [0.3, 0.4) is 0 Å². The van der Waals surface area contributed by atoms with E-state index in [9.17, 15) is 33.8 Å². The van der Waals surface area contributed by atoms with Gasteiger partial charge in [-0.2, -0.15) is 0 Å². The molecule has 14 nitrogen and oxygen atoms in total. The highest BCUT2D eigenvalue weighted by molar-refractivity contribution is 7.47. The highest BCUT2D eigenvalue weighted by Gasteiger charge is 2.28. The van der Waals surface area contributed by atoms with Gasteiger partial charge in [-0.05, 0) is 44.4 Å². The first-order chi connectivity index (χ1) is 27.6. The average Bonchev–Trinajstić information content (AvgIpc) is 3.16. The number of hydrogen-bond acceptors (Lipinski definition) is 11. The van der Waals surface area contributed by atoms with Crippen molar-refractivity contribution in [3.63, 3.8) is 0 Å². The van der Waals surface area contributed by atoms with Gasteiger partial charge in [-0.25, -0.2) is 9.13 Å². The lowest BCUT2D eigenvalue weighted by molar-refractivity contribution is -0.161. The van der Waals surface area contributed by atoms with E-state index in [0.717, 1.165) is 63.7 Å². The van der Waals surface area contributed by atoms with Crippen LogP contribution in [0.2, 0.25) is 0 Å². The second kappa shape index (κ2) is 37.1. The third-order valence-electron chi connectivity index (χ3n) is 9.04. The number of esters is 2. The molecule has 0 fully saturated rings. The second-order valence-electron chi connectivity index (χ2n) is 15.3. The van der Waals surface area contributed by atoms with Crippen LogP contribution in [0, 0.1) is 5.92 Å². The summed E-state index contributed by atoms with van der Waals surface area (Å²) in [7, 11) is -9.69. The number of hydrogen-bond donors (Lipinski definition) is 5. The summed E-state index contributed by atoms with van der Waals surface area (Å²) in [4.78, 5) is 52.7. The van der Waals surface area contributed by atoms with Crippen molar-refractivity contribution in [3.8, 4) is 0 Å². The van der Waals surface area contributed by atoms with Crippen LogP contribution in [0.25, 0.3) is 0 Å². The molecule has 0 saturated heterocycles. The van der Waals surface area contributed by atoms with E-state index >= 15 is 0 Å². The van der Waals surface area contributed by atoms with E-state index in [1.807, 2.05) is 24.3 Å². The third-order valence-corrected chi connectivity index (χ3v) is 10.5. The van der Waals surface area contributed by atoms with Crippen LogP contribution in [-0.2, 0) is 41.8 Å². The summed E-state index contributed by atoms with van der Waals surface area (Å²) in [6, 6.07) is 0. The van der Waals surface area contributed by atoms with Gasteiger partial charge in [0, 0.05) is 12.8 Å². The molecule has 0 aromatic rings. The SMILES string of the molecule is CC/C=C/CC(O)/C=C/C=C/CCCCCCCC(=O)OC[C@H](COP(=O)(O)OC[C@@H](O)COP(=O)(O)O)OC(=O)CCCCCCCCCCCCCCC(C)C. The van der Waals surface area contributed by atoms with E-state index in [2.05, 4.69) is 35.9 Å². The predicted octanol–water partition coefficient (Wildman–Crippen LogP) is 9.72. The number of carbonyl (C=O) groups excluding carboxylic acids is 2. The van der Waals surface area contributed by atoms with Gasteiger partial charge in [0.05, 0.1) is 25.9 Å². The van der Waals surface area contributed by atoms with Crippen molar-refractivity contribution in [2.24, 2.45) is 5.92 Å². The number of phosphoric ester groups is 2. The summed E-state index contributed by atoms with van der Waals surface area (Å²) in [5.74, 6) is -0.296. The molecular formula is C42H78O14P2. The maximum atomic E-state index is 12.7. The number of allylic oxidation sites excluding steroid dienone is 4. The minimum Gasteiger partial charge on any atom is -0.462 e. The van der Waals surface area contributed by atoms with Crippen molar-refractivity contribution in [2.75, 3.05) is 26.4 Å². The van der Waals surface area contributed by atoms with Crippen LogP contribution in [0.15, 0.2) is 36.5 Å². The zero-order valence-electron chi connectivity index (χ0n) is 35.7. The van der Waals surface area contributed by atoms with Crippen molar-refractivity contribution >= 4 is 27.6 Å². The molecule has 0 aromatic carbocycles. The van der Waals surface area contributed by atoms with E-state index < -0.39 is 72.3 Å². The minimum absolute atomic E-state index is 0.118. The van der Waals surface area contributed by atoms with Gasteiger partial charge < -0.3 is 34.4 Å². The molecule has 0 heterocycles. The number of carbonyl (C=O) groups is 2. The Kier molecular flexibility index (Phi) is 36.0. The van der Waals surface area contributed by atoms with Crippen molar-refractivity contribution in [1.82, 2.24) is 0 Å². The van der Waals surface area contributed by atoms with Gasteiger partial charge in [0.15, 0.2) is 6.10 Å². The van der Waals surface area contributed by atoms with Gasteiger partial charge in [0.1, 0.15) is 12.7 Å². The fourth-order valence-corrected chi connectivity index (χ4v) is 6.90. The Balaban J connectivity index is 4.57. The largest absolute Gasteiger partial charge is 0.472 e. The smallest absolute Gasteiger partial charge is 0.462 e. The average molecular weight is 869 g/mol. The van der Waals surface area contributed by atoms with Crippen LogP contribution in [0.4, 0.5) is 0 Å². The molecule has 0 bridgehead atoms. The molecule has 0 saturated carbocycles. The lowest BCUT2D eigenvalue weighted by atomic mass is 10.0. The Morgan fingerprint density at radius 2 is 1.12 bits per heavy atom. The van der Waals surface area contributed by atoms with E-state index in [-0.39, 0.29) is 12.8 Å². The Morgan fingerprint density at radius 3 is 1.69 bits per heavy atom. The standard InChI is InChI=1S/C42H78O14P2/c1-4-5-23-29-38(43)30-25-20-16-12-10-14-17-21-26-31-41(45)52-35-40(36-55-58(50,51)54-34-39(44)33-53-57(47,48)49)56-42(46)32-27-22-18-13-9-7-6-8-11-15-19-24-28-37(2)3/h5,16,20,23,25,30,37-40,43-44H,4,6-15,17-19,21-22,24,26-29,31-36H2,1-3H3,(H,50,51)(H2,47,48,49)/b20-16+,23-5+,30-25+/t38?,39-,40+/m0/s1. The molecule has 0 aliphatic carbocycles. The number of rotatable bonds is 40. The van der Waals surface area contributed by atoms with Crippen molar-refractivity contribution in [2.45, 2.75) is 187 Å². The van der Waals surface area contributed by atoms with Crippen LogP contribution in [-0.4, -0.2) is 81.6 Å². The molecule has 0 spiro atoms. The summed E-state index contributed by atoms with van der Waals surface area (Å²) in [6.45, 7) is 3.82. The Bertz CT molecular complexity index is 1200. The van der Waals surface area contributed by atoms with E-state index in [0.29, 0.717) is 19.3 Å². The van der Waals surface area contributed by atoms with Gasteiger partial charge in [-0.1, -0.05) is 154 Å². The lowest BCUT2D eigenvalue weighted by Crippen LogP contribution is -2.30. The summed E-state index contributed by atoms with van der Waals surface area (Å²) < 4.78 is 47.7. The van der Waals surface area contributed by atoms with E-state index in [1.165, 1.54) is 57.8 Å². The Labute approximate surface area is 349 Å². The van der Waals surface area contributed by atoms with Crippen molar-refractivity contribution in [1.29, 1.82) is 0 Å². The number of unbranched alkanes of at least 4 members (excludes halogenated alkanes) is 16. The first-order valence-electron chi connectivity index (χ1n) is 21.6. The third kappa shape index (κ3) is 41.1. The van der Waals surface area contributed by atoms with Crippen LogP contribution >= 0.6 is 15.6 Å². The zero-order chi connectivity index (χ0) is 43.3. The molecule has 16 heteroatoms. The van der Waals surface area contributed by atoms with Crippen LogP contribution in [0.1, 0.15) is 168 Å². The molecule has 2 unspecified atom stereocenters. The van der Waals surface area contributed by atoms with E-state index in [1.54, 1.807) is 6.08 Å². The van der Waals surface area contributed by atoms with Gasteiger partial charge >= 0.3 is 27.6 Å². The lowest BCUT2D eigenvalue weighted by Gasteiger charge is -2.20. The fraction of sp³-hybridized carbons (Fsp3) is 0.810. The van der Waals surface area contributed by atoms with Gasteiger partial charge in [-0.3, -0.25) is 23.2 Å². The quantitative estimate of drug-likeness (QED) is 0.0127. The molecule has 0 aliphatic heterocycles. The molecule has 0 aromatic heterocycles. The van der Waals surface area contributed by atoms with Crippen LogP contribution < -0.4 is 0 Å². The summed E-state index contributed by atoms with van der Waals surface area (Å²) in [5.41, 5.74) is 0. The molecule has 58 heavy (non-hydrogen) atoms. The number of ether oxygens (including phenoxy) is 2. The monoisotopic (exact) mass is 868 g/mol. The van der Waals surface area contributed by atoms with Gasteiger partial charge in [0.2, 0.25) is 0 Å². The summed E-state index contributed by atoms with van der Waals surface area (Å²) >= 11 is 0. The number of phosphoric acid groups is 2. The zero-order valence-corrected chi connectivity index (χ0v) is 37.5. The predicted molar refractivity (Wildman–Crippen MR) is 227 cm³/mol. The topological polar surface area (TPSA) is 216 Å². The van der Waals surface area contributed by atoms with Crippen molar-refractivity contribution in [3.05, 3.63) is 36.5 Å². The number of aliphatic hydroxyl groups is 2. The maximum Gasteiger partial charge on any atom is 0.472 e. The number of aliphatic hydroxyl groups excluding tert-OH is 2. The maximum absolute atomic E-state index is 12.7. The minimum atomic E-state index is -4.87. The second-order valence-corrected chi connectivity index (χ2v) is 18.0. The molecule has 4 atom stereocenters. The summed E-state index contributed by atoms with van der Waals surface area (Å²) in [5, 5.41) is 19.6. The van der Waals surface area contributed by atoms with Gasteiger partial charge in [0.25, 0.3) is 0 Å². The molecule has 5 N–H and O–H groups in total. The Hall–Kier alpha value is -1.70. The first-order valence-corrected chi connectivity index (χ1v) is 24.7. The van der Waals surface area contributed by atoms with E-state index in [4.69, 9.17) is 23.8 Å². The first kappa shape index (κ1) is 56.3. The summed E-state index contributed by atoms with van der Waals surface area (Å²) in [6.07, 6.45) is 30.5. The van der Waals surface area contributed by atoms with Crippen LogP contribution in [0.5, 0.6) is 0 Å².